The van der Waals surface area contributed by atoms with Gasteiger partial charge in [0.1, 0.15) is 10.8 Å². The van der Waals surface area contributed by atoms with Crippen LogP contribution in [0.15, 0.2) is 27.8 Å². The van der Waals surface area contributed by atoms with E-state index in [1.54, 1.807) is 6.26 Å². The van der Waals surface area contributed by atoms with Crippen molar-refractivity contribution in [3.63, 3.8) is 0 Å². The zero-order chi connectivity index (χ0) is 21.3. The van der Waals surface area contributed by atoms with E-state index in [0.29, 0.717) is 0 Å². The highest BCUT2D eigenvalue weighted by atomic mass is 127. The lowest BCUT2D eigenvalue weighted by Gasteiger charge is -2.26. The van der Waals surface area contributed by atoms with E-state index in [1.165, 1.54) is 34.8 Å². The molecule has 1 N–H and O–H groups in total. The number of morpholine rings is 1. The topological polar surface area (TPSA) is 66.1 Å². The average Bonchev–Trinajstić information content (AvgIpc) is 3.45. The fraction of sp³-hybridized carbons (Fsp3) is 0.652. The molecule has 9 heteroatoms. The van der Waals surface area contributed by atoms with E-state index in [4.69, 9.17) is 19.1 Å². The lowest BCUT2D eigenvalue weighted by molar-refractivity contribution is 0.0377. The van der Waals surface area contributed by atoms with Gasteiger partial charge in [-0.25, -0.2) is 4.98 Å². The van der Waals surface area contributed by atoms with Crippen molar-refractivity contribution in [1.82, 2.24) is 20.1 Å². The van der Waals surface area contributed by atoms with Gasteiger partial charge in [0.25, 0.3) is 0 Å². The van der Waals surface area contributed by atoms with Crippen molar-refractivity contribution >= 4 is 41.3 Å². The summed E-state index contributed by atoms with van der Waals surface area (Å²) in [6.07, 6.45) is 8.54. The molecule has 0 amide bonds. The largest absolute Gasteiger partial charge is 0.469 e. The van der Waals surface area contributed by atoms with Crippen molar-refractivity contribution in [2.45, 2.75) is 45.1 Å². The third-order valence-corrected chi connectivity index (χ3v) is 7.00. The number of hydrogen-bond acceptors (Lipinski definition) is 6. The number of fused-ring (bicyclic) bond motifs is 1. The SMILES string of the molecule is CN(Cc1nc2c(s1)CCCC2)C(=NCCCN1CCOCC1)NCCc1ccco1.I. The molecule has 32 heavy (non-hydrogen) atoms. The molecule has 0 aromatic carbocycles. The Morgan fingerprint density at radius 3 is 2.91 bits per heavy atom. The standard InChI is InChI=1S/C23H35N5O2S.HI/c1-27(18-22-26-20-7-2-3-8-21(20)31-22)23(25-11-9-19-6-4-15-30-19)24-10-5-12-28-13-16-29-17-14-28;/h4,6,15H,2-3,5,7-14,16-18H2,1H3,(H,24,25);1H. The molecule has 0 spiro atoms. The number of nitrogens with zero attached hydrogens (tertiary/aromatic N) is 4. The Morgan fingerprint density at radius 1 is 1.28 bits per heavy atom. The summed E-state index contributed by atoms with van der Waals surface area (Å²) in [6.45, 7) is 7.27. The van der Waals surface area contributed by atoms with Crippen molar-refractivity contribution in [1.29, 1.82) is 0 Å². The minimum absolute atomic E-state index is 0. The predicted octanol–water partition coefficient (Wildman–Crippen LogP) is 3.58. The van der Waals surface area contributed by atoms with E-state index in [1.807, 2.05) is 23.5 Å². The number of furan rings is 1. The molecule has 0 unspecified atom stereocenters. The Kier molecular flexibility index (Phi) is 10.8. The summed E-state index contributed by atoms with van der Waals surface area (Å²) in [7, 11) is 2.11. The first-order valence-corrected chi connectivity index (χ1v) is 12.4. The van der Waals surface area contributed by atoms with E-state index < -0.39 is 0 Å². The minimum Gasteiger partial charge on any atom is -0.469 e. The molecule has 2 aromatic heterocycles. The number of nitrogens with one attached hydrogen (secondary N) is 1. The summed E-state index contributed by atoms with van der Waals surface area (Å²) in [4.78, 5) is 16.0. The van der Waals surface area contributed by atoms with Gasteiger partial charge in [0.2, 0.25) is 0 Å². The van der Waals surface area contributed by atoms with Crippen molar-refractivity contribution in [2.75, 3.05) is 53.0 Å². The van der Waals surface area contributed by atoms with Gasteiger partial charge in [0.15, 0.2) is 5.96 Å². The van der Waals surface area contributed by atoms with E-state index in [9.17, 15) is 0 Å². The average molecular weight is 574 g/mol. The number of ether oxygens (including phenoxy) is 1. The smallest absolute Gasteiger partial charge is 0.194 e. The Bertz CT molecular complexity index is 797. The van der Waals surface area contributed by atoms with Gasteiger partial charge < -0.3 is 19.4 Å². The maximum absolute atomic E-state index is 5.47. The van der Waals surface area contributed by atoms with Crippen LogP contribution < -0.4 is 5.32 Å². The van der Waals surface area contributed by atoms with Crippen LogP contribution >= 0.6 is 35.3 Å². The van der Waals surface area contributed by atoms with Gasteiger partial charge in [-0.05, 0) is 44.2 Å². The maximum atomic E-state index is 5.47. The van der Waals surface area contributed by atoms with Gasteiger partial charge in [0.05, 0.1) is 31.7 Å². The molecule has 0 radical (unpaired) electrons. The highest BCUT2D eigenvalue weighted by Gasteiger charge is 2.17. The molecule has 0 saturated carbocycles. The molecule has 7 nitrogen and oxygen atoms in total. The van der Waals surface area contributed by atoms with Crippen LogP contribution in [0.4, 0.5) is 0 Å². The first-order valence-electron chi connectivity index (χ1n) is 11.6. The second kappa shape index (κ2) is 13.5. The van der Waals surface area contributed by atoms with E-state index in [2.05, 4.69) is 22.2 Å². The summed E-state index contributed by atoms with van der Waals surface area (Å²) in [5.41, 5.74) is 1.33. The molecule has 1 aliphatic carbocycles. The summed E-state index contributed by atoms with van der Waals surface area (Å²) in [6, 6.07) is 3.96. The summed E-state index contributed by atoms with van der Waals surface area (Å²) in [5, 5.41) is 4.73. The summed E-state index contributed by atoms with van der Waals surface area (Å²) < 4.78 is 10.9. The van der Waals surface area contributed by atoms with Gasteiger partial charge in [-0.3, -0.25) is 9.89 Å². The van der Waals surface area contributed by atoms with Gasteiger partial charge >= 0.3 is 0 Å². The second-order valence-electron chi connectivity index (χ2n) is 8.31. The molecule has 0 bridgehead atoms. The third-order valence-electron chi connectivity index (χ3n) is 5.86. The number of hydrogen-bond donors (Lipinski definition) is 1. The van der Waals surface area contributed by atoms with Crippen LogP contribution in [0.5, 0.6) is 0 Å². The van der Waals surface area contributed by atoms with Crippen molar-refractivity contribution in [3.8, 4) is 0 Å². The lowest BCUT2D eigenvalue weighted by atomic mass is 10.0. The number of aliphatic imine (C=N–C) groups is 1. The zero-order valence-corrected chi connectivity index (χ0v) is 22.2. The van der Waals surface area contributed by atoms with Crippen LogP contribution in [0, 0.1) is 0 Å². The summed E-state index contributed by atoms with van der Waals surface area (Å²) >= 11 is 1.88. The van der Waals surface area contributed by atoms with Gasteiger partial charge in [-0.1, -0.05) is 0 Å². The van der Waals surface area contributed by atoms with Crippen LogP contribution in [0.2, 0.25) is 0 Å². The highest BCUT2D eigenvalue weighted by Crippen LogP contribution is 2.27. The van der Waals surface area contributed by atoms with E-state index in [-0.39, 0.29) is 24.0 Å². The molecular formula is C23H36IN5O2S. The number of guanidine groups is 1. The Balaban J connectivity index is 0.00000289. The second-order valence-corrected chi connectivity index (χ2v) is 9.48. The predicted molar refractivity (Wildman–Crippen MR) is 140 cm³/mol. The van der Waals surface area contributed by atoms with Crippen molar-refractivity contribution < 1.29 is 9.15 Å². The van der Waals surface area contributed by atoms with Crippen LogP contribution in [0.1, 0.15) is 40.6 Å². The molecule has 2 aromatic rings. The van der Waals surface area contributed by atoms with Gasteiger partial charge in [0, 0.05) is 51.1 Å². The molecule has 4 rings (SSSR count). The molecule has 1 saturated heterocycles. The van der Waals surface area contributed by atoms with Crippen LogP contribution in [-0.2, 0) is 30.5 Å². The fourth-order valence-corrected chi connectivity index (χ4v) is 5.33. The molecule has 1 aliphatic heterocycles. The Morgan fingerprint density at radius 2 is 2.12 bits per heavy atom. The normalized spacial score (nSPS) is 17.0. The van der Waals surface area contributed by atoms with Crippen molar-refractivity contribution in [2.24, 2.45) is 4.99 Å². The highest BCUT2D eigenvalue weighted by molar-refractivity contribution is 14.0. The quantitative estimate of drug-likeness (QED) is 0.214. The van der Waals surface area contributed by atoms with Crippen LogP contribution in [0.3, 0.4) is 0 Å². The molecule has 3 heterocycles. The summed E-state index contributed by atoms with van der Waals surface area (Å²) in [5.74, 6) is 1.94. The monoisotopic (exact) mass is 573 g/mol. The molecule has 0 atom stereocenters. The zero-order valence-electron chi connectivity index (χ0n) is 19.1. The first-order chi connectivity index (χ1) is 15.3. The van der Waals surface area contributed by atoms with Crippen LogP contribution in [-0.4, -0.2) is 73.7 Å². The number of thiazole rings is 1. The van der Waals surface area contributed by atoms with Gasteiger partial charge in [-0.2, -0.15) is 0 Å². The van der Waals surface area contributed by atoms with Crippen LogP contribution in [0.25, 0.3) is 0 Å². The number of aryl methyl sites for hydroxylation is 2. The Hall–Kier alpha value is -1.17. The van der Waals surface area contributed by atoms with Crippen molar-refractivity contribution in [3.05, 3.63) is 39.7 Å². The lowest BCUT2D eigenvalue weighted by Crippen LogP contribution is -2.40. The third kappa shape index (κ3) is 7.71. The molecule has 1 fully saturated rings. The van der Waals surface area contributed by atoms with Gasteiger partial charge in [-0.15, -0.1) is 35.3 Å². The first kappa shape index (κ1) is 25.5. The van der Waals surface area contributed by atoms with E-state index >= 15 is 0 Å². The number of halogens is 1. The fourth-order valence-electron chi connectivity index (χ4n) is 4.12. The maximum Gasteiger partial charge on any atom is 0.194 e. The molecule has 178 valence electrons. The number of rotatable bonds is 9. The molecule has 2 aliphatic rings. The number of aromatic nitrogens is 1. The Labute approximate surface area is 212 Å². The minimum atomic E-state index is 0. The molecular weight excluding hydrogens is 537 g/mol. The van der Waals surface area contributed by atoms with E-state index in [0.717, 1.165) is 83.5 Å².